The molecule has 0 radical (unpaired) electrons. The molecule has 1 aromatic carbocycles. The molecule has 0 saturated carbocycles. The highest BCUT2D eigenvalue weighted by atomic mass is 16.6. The number of nitrogens with zero attached hydrogens (tertiary/aromatic N) is 2. The number of hydrogen-bond acceptors (Lipinski definition) is 5. The third kappa shape index (κ3) is 4.88. The van der Waals surface area contributed by atoms with Crippen molar-refractivity contribution in [2.24, 2.45) is 5.41 Å². The molecule has 3 amide bonds. The number of piperazine rings is 1. The summed E-state index contributed by atoms with van der Waals surface area (Å²) >= 11 is 0. The van der Waals surface area contributed by atoms with Gasteiger partial charge in [0.1, 0.15) is 5.41 Å². The number of anilines is 1. The Morgan fingerprint density at radius 1 is 1.07 bits per heavy atom. The lowest BCUT2D eigenvalue weighted by atomic mass is 9.89. The van der Waals surface area contributed by atoms with E-state index in [0.29, 0.717) is 44.0 Å². The predicted molar refractivity (Wildman–Crippen MR) is 104 cm³/mol. The fourth-order valence-corrected chi connectivity index (χ4v) is 2.90. The summed E-state index contributed by atoms with van der Waals surface area (Å²) in [6.45, 7) is 8.04. The molecule has 1 aliphatic heterocycles. The first-order valence-corrected chi connectivity index (χ1v) is 9.30. The highest BCUT2D eigenvalue weighted by molar-refractivity contribution is 6.10. The average molecular weight is 389 g/mol. The minimum Gasteiger partial charge on any atom is -0.450 e. The normalized spacial score (nSPS) is 14.4. The van der Waals surface area contributed by atoms with E-state index in [4.69, 9.17) is 4.74 Å². The second kappa shape index (κ2) is 8.86. The van der Waals surface area contributed by atoms with Gasteiger partial charge in [-0.25, -0.2) is 4.79 Å². The molecule has 1 saturated heterocycles. The average Bonchev–Trinajstić information content (AvgIpc) is 2.67. The quantitative estimate of drug-likeness (QED) is 0.615. The third-order valence-electron chi connectivity index (χ3n) is 4.72. The predicted octanol–water partition coefficient (Wildman–Crippen LogP) is 2.15. The van der Waals surface area contributed by atoms with Gasteiger partial charge >= 0.3 is 6.09 Å². The minimum absolute atomic E-state index is 0.106. The van der Waals surface area contributed by atoms with Gasteiger partial charge in [-0.1, -0.05) is 12.1 Å². The van der Waals surface area contributed by atoms with Crippen molar-refractivity contribution in [3.05, 3.63) is 29.8 Å². The molecule has 0 aromatic heterocycles. The lowest BCUT2D eigenvalue weighted by molar-refractivity contribution is -0.147. The van der Waals surface area contributed by atoms with E-state index in [0.717, 1.165) is 0 Å². The van der Waals surface area contributed by atoms with Gasteiger partial charge < -0.3 is 19.9 Å². The summed E-state index contributed by atoms with van der Waals surface area (Å²) in [7, 11) is 0. The van der Waals surface area contributed by atoms with Crippen LogP contribution in [0.4, 0.5) is 10.5 Å². The maximum atomic E-state index is 12.9. The third-order valence-corrected chi connectivity index (χ3v) is 4.72. The van der Waals surface area contributed by atoms with E-state index in [1.807, 2.05) is 0 Å². The van der Waals surface area contributed by atoms with E-state index in [-0.39, 0.29) is 11.7 Å². The number of ether oxygens (including phenoxy) is 1. The molecule has 0 atom stereocenters. The van der Waals surface area contributed by atoms with Crippen LogP contribution in [-0.2, 0) is 14.3 Å². The van der Waals surface area contributed by atoms with Crippen molar-refractivity contribution in [2.45, 2.75) is 27.7 Å². The Morgan fingerprint density at radius 2 is 1.68 bits per heavy atom. The second-order valence-corrected chi connectivity index (χ2v) is 7.19. The van der Waals surface area contributed by atoms with Crippen molar-refractivity contribution < 1.29 is 23.9 Å². The summed E-state index contributed by atoms with van der Waals surface area (Å²) in [5, 5.41) is 2.72. The molecule has 152 valence electrons. The number of carbonyl (C=O) groups excluding carboxylic acids is 4. The molecule has 0 aliphatic carbocycles. The van der Waals surface area contributed by atoms with Gasteiger partial charge in [0.15, 0.2) is 5.78 Å². The van der Waals surface area contributed by atoms with Gasteiger partial charge in [0, 0.05) is 37.4 Å². The van der Waals surface area contributed by atoms with E-state index >= 15 is 0 Å². The zero-order valence-corrected chi connectivity index (χ0v) is 16.8. The Hall–Kier alpha value is -2.90. The lowest BCUT2D eigenvalue weighted by Crippen LogP contribution is -2.55. The van der Waals surface area contributed by atoms with Crippen LogP contribution in [0.3, 0.4) is 0 Å². The van der Waals surface area contributed by atoms with Gasteiger partial charge in [-0.15, -0.1) is 0 Å². The Kier molecular flexibility index (Phi) is 6.77. The molecule has 2 rings (SSSR count). The monoisotopic (exact) mass is 389 g/mol. The van der Waals surface area contributed by atoms with Crippen LogP contribution < -0.4 is 5.32 Å². The number of rotatable bonds is 5. The Bertz CT molecular complexity index is 767. The van der Waals surface area contributed by atoms with Crippen LogP contribution in [0.25, 0.3) is 0 Å². The van der Waals surface area contributed by atoms with Crippen molar-refractivity contribution in [2.75, 3.05) is 38.1 Å². The van der Waals surface area contributed by atoms with Crippen molar-refractivity contribution in [3.63, 3.8) is 0 Å². The maximum Gasteiger partial charge on any atom is 0.409 e. The molecule has 1 heterocycles. The van der Waals surface area contributed by atoms with Crippen LogP contribution in [0.5, 0.6) is 0 Å². The highest BCUT2D eigenvalue weighted by Gasteiger charge is 2.40. The molecule has 28 heavy (non-hydrogen) atoms. The van der Waals surface area contributed by atoms with E-state index in [1.165, 1.54) is 6.92 Å². The van der Waals surface area contributed by atoms with E-state index in [2.05, 4.69) is 5.32 Å². The lowest BCUT2D eigenvalue weighted by Gasteiger charge is -2.37. The molecule has 1 fully saturated rings. The summed E-state index contributed by atoms with van der Waals surface area (Å²) < 4.78 is 4.97. The van der Waals surface area contributed by atoms with Crippen LogP contribution in [0.2, 0.25) is 0 Å². The number of benzene rings is 1. The first-order chi connectivity index (χ1) is 13.2. The number of ketones is 1. The number of hydrogen-bond donors (Lipinski definition) is 1. The molecule has 0 bridgehead atoms. The standard InChI is InChI=1S/C20H27N3O5/c1-5-28-19(27)23-11-9-22(10-12-23)18(26)20(3,4)17(25)21-16-8-6-7-15(13-16)14(2)24/h6-8,13H,5,9-12H2,1-4H3,(H,21,25). The Labute approximate surface area is 164 Å². The Balaban J connectivity index is 2.00. The van der Waals surface area contributed by atoms with Gasteiger partial charge in [0.2, 0.25) is 11.8 Å². The van der Waals surface area contributed by atoms with Crippen molar-refractivity contribution >= 4 is 29.4 Å². The van der Waals surface area contributed by atoms with Crippen LogP contribution in [0.15, 0.2) is 24.3 Å². The minimum atomic E-state index is -1.29. The zero-order valence-electron chi connectivity index (χ0n) is 16.8. The summed E-state index contributed by atoms with van der Waals surface area (Å²) in [6.07, 6.45) is -0.392. The van der Waals surface area contributed by atoms with Gasteiger partial charge in [0.05, 0.1) is 6.61 Å². The van der Waals surface area contributed by atoms with Crippen LogP contribution in [-0.4, -0.2) is 66.3 Å². The fraction of sp³-hybridized carbons (Fsp3) is 0.500. The van der Waals surface area contributed by atoms with Crippen molar-refractivity contribution in [3.8, 4) is 0 Å². The van der Waals surface area contributed by atoms with Crippen molar-refractivity contribution in [1.29, 1.82) is 0 Å². The molecule has 0 spiro atoms. The summed E-state index contributed by atoms with van der Waals surface area (Å²) in [5.74, 6) is -0.867. The number of amides is 3. The van der Waals surface area contributed by atoms with E-state index < -0.39 is 17.4 Å². The van der Waals surface area contributed by atoms with Gasteiger partial charge in [0.25, 0.3) is 0 Å². The SMILES string of the molecule is CCOC(=O)N1CCN(C(=O)C(C)(C)C(=O)Nc2cccc(C(C)=O)c2)CC1. The molecular formula is C20H27N3O5. The zero-order chi connectivity index (χ0) is 20.9. The van der Waals surface area contributed by atoms with Crippen molar-refractivity contribution in [1.82, 2.24) is 9.80 Å². The highest BCUT2D eigenvalue weighted by Crippen LogP contribution is 2.23. The van der Waals surface area contributed by atoms with Gasteiger partial charge in [-0.05, 0) is 39.8 Å². The molecule has 8 heteroatoms. The van der Waals surface area contributed by atoms with Crippen LogP contribution >= 0.6 is 0 Å². The first kappa shape index (κ1) is 21.4. The molecule has 1 aliphatic rings. The molecular weight excluding hydrogens is 362 g/mol. The molecule has 0 unspecified atom stereocenters. The number of Topliss-reactive ketones (excluding diaryl/α,β-unsaturated/α-hetero) is 1. The van der Waals surface area contributed by atoms with Gasteiger partial charge in [-0.3, -0.25) is 14.4 Å². The van der Waals surface area contributed by atoms with E-state index in [9.17, 15) is 19.2 Å². The summed E-state index contributed by atoms with van der Waals surface area (Å²) in [5.41, 5.74) is -0.346. The number of nitrogens with one attached hydrogen (secondary N) is 1. The largest absolute Gasteiger partial charge is 0.450 e. The fourth-order valence-electron chi connectivity index (χ4n) is 2.90. The number of carbonyl (C=O) groups is 4. The Morgan fingerprint density at radius 3 is 2.25 bits per heavy atom. The smallest absolute Gasteiger partial charge is 0.409 e. The first-order valence-electron chi connectivity index (χ1n) is 9.30. The van der Waals surface area contributed by atoms with Crippen LogP contribution in [0.1, 0.15) is 38.1 Å². The topological polar surface area (TPSA) is 96.0 Å². The molecule has 8 nitrogen and oxygen atoms in total. The van der Waals surface area contributed by atoms with E-state index in [1.54, 1.807) is 54.8 Å². The summed E-state index contributed by atoms with van der Waals surface area (Å²) in [6, 6.07) is 6.59. The maximum absolute atomic E-state index is 12.9. The van der Waals surface area contributed by atoms with Crippen LogP contribution in [0, 0.1) is 5.41 Å². The van der Waals surface area contributed by atoms with Gasteiger partial charge in [-0.2, -0.15) is 0 Å². The second-order valence-electron chi connectivity index (χ2n) is 7.19. The molecule has 1 N–H and O–H groups in total. The molecule has 1 aromatic rings. The summed E-state index contributed by atoms with van der Waals surface area (Å²) in [4.78, 5) is 52.0.